The summed E-state index contributed by atoms with van der Waals surface area (Å²) in [6.07, 6.45) is 0.702. The van der Waals surface area contributed by atoms with Crippen LogP contribution in [0.15, 0.2) is 10.4 Å². The van der Waals surface area contributed by atoms with Crippen molar-refractivity contribution in [1.29, 1.82) is 0 Å². The number of rotatable bonds is 8. The third kappa shape index (κ3) is 7.67. The molecule has 0 fully saturated rings. The minimum absolute atomic E-state index is 0.310. The molecular formula is C15H25F3N4S. The molecule has 1 unspecified atom stereocenters. The van der Waals surface area contributed by atoms with E-state index >= 15 is 0 Å². The molecule has 1 aromatic rings. The number of aliphatic imine (C=N–C) groups is 1. The molecular weight excluding hydrogens is 325 g/mol. The Morgan fingerprint density at radius 2 is 2.13 bits per heavy atom. The van der Waals surface area contributed by atoms with Crippen molar-refractivity contribution in [2.24, 2.45) is 4.99 Å². The minimum atomic E-state index is -4.37. The largest absolute Gasteiger partial charge is 0.434 e. The zero-order chi connectivity index (χ0) is 17.3. The zero-order valence-corrected chi connectivity index (χ0v) is 14.7. The Bertz CT molecular complexity index is 485. The lowest BCUT2D eigenvalue weighted by Gasteiger charge is -2.17. The van der Waals surface area contributed by atoms with Gasteiger partial charge in [0.15, 0.2) is 11.7 Å². The van der Waals surface area contributed by atoms with Crippen molar-refractivity contribution in [3.05, 3.63) is 16.1 Å². The molecule has 0 bridgehead atoms. The van der Waals surface area contributed by atoms with Gasteiger partial charge in [0.1, 0.15) is 0 Å². The number of aromatic nitrogens is 1. The first-order valence-corrected chi connectivity index (χ1v) is 8.73. The highest BCUT2D eigenvalue weighted by Crippen LogP contribution is 2.29. The van der Waals surface area contributed by atoms with E-state index in [1.807, 2.05) is 0 Å². The number of unbranched alkanes of at least 4 members (excludes halogenated alkanes) is 2. The standard InChI is InChI=1S/C15H25F3N4S/c1-4-5-6-7-11(2)21-14(19-3)20-9-8-13-22-12(10-23-13)15(16,17)18/h10-11H,4-9H2,1-3H3,(H2,19,20,21). The first-order chi connectivity index (χ1) is 10.9. The van der Waals surface area contributed by atoms with Gasteiger partial charge in [-0.2, -0.15) is 13.2 Å². The predicted molar refractivity (Wildman–Crippen MR) is 88.9 cm³/mol. The summed E-state index contributed by atoms with van der Waals surface area (Å²) in [5.74, 6) is 0.668. The summed E-state index contributed by atoms with van der Waals surface area (Å²) in [6, 6.07) is 0.310. The Hall–Kier alpha value is -1.31. The minimum Gasteiger partial charge on any atom is -0.356 e. The van der Waals surface area contributed by atoms with Gasteiger partial charge in [-0.05, 0) is 13.3 Å². The molecule has 132 valence electrons. The third-order valence-corrected chi connectivity index (χ3v) is 4.23. The molecule has 0 saturated heterocycles. The van der Waals surface area contributed by atoms with Crippen LogP contribution in [0, 0.1) is 0 Å². The van der Waals surface area contributed by atoms with Gasteiger partial charge in [-0.3, -0.25) is 4.99 Å². The molecule has 0 aliphatic heterocycles. The highest BCUT2D eigenvalue weighted by molar-refractivity contribution is 7.09. The van der Waals surface area contributed by atoms with Crippen molar-refractivity contribution in [3.8, 4) is 0 Å². The van der Waals surface area contributed by atoms with E-state index in [-0.39, 0.29) is 0 Å². The van der Waals surface area contributed by atoms with Gasteiger partial charge in [0, 0.05) is 31.4 Å². The summed E-state index contributed by atoms with van der Waals surface area (Å²) in [7, 11) is 1.68. The second kappa shape index (κ2) is 9.75. The van der Waals surface area contributed by atoms with Gasteiger partial charge >= 0.3 is 6.18 Å². The summed E-state index contributed by atoms with van der Waals surface area (Å²) in [6.45, 7) is 4.76. The highest BCUT2D eigenvalue weighted by atomic mass is 32.1. The van der Waals surface area contributed by atoms with E-state index in [4.69, 9.17) is 0 Å². The van der Waals surface area contributed by atoms with E-state index in [2.05, 4.69) is 34.5 Å². The Balaban J connectivity index is 2.33. The third-order valence-electron chi connectivity index (χ3n) is 3.32. The molecule has 1 aromatic heterocycles. The molecule has 0 aliphatic rings. The maximum atomic E-state index is 12.5. The molecule has 1 rings (SSSR count). The lowest BCUT2D eigenvalue weighted by atomic mass is 10.1. The van der Waals surface area contributed by atoms with E-state index < -0.39 is 11.9 Å². The number of nitrogens with zero attached hydrogens (tertiary/aromatic N) is 2. The quantitative estimate of drug-likeness (QED) is 0.425. The Kier molecular flexibility index (Phi) is 8.36. The number of alkyl halides is 3. The average molecular weight is 350 g/mol. The fourth-order valence-corrected chi connectivity index (χ4v) is 2.85. The van der Waals surface area contributed by atoms with E-state index in [0.29, 0.717) is 30.0 Å². The van der Waals surface area contributed by atoms with Crippen LogP contribution in [0.25, 0.3) is 0 Å². The van der Waals surface area contributed by atoms with Crippen molar-refractivity contribution < 1.29 is 13.2 Å². The first kappa shape index (κ1) is 19.7. The number of thiazole rings is 1. The molecule has 23 heavy (non-hydrogen) atoms. The van der Waals surface area contributed by atoms with Crippen molar-refractivity contribution in [3.63, 3.8) is 0 Å². The SMILES string of the molecule is CCCCCC(C)NC(=NC)NCCc1nc(C(F)(F)F)cs1. The van der Waals surface area contributed by atoms with E-state index in [9.17, 15) is 13.2 Å². The number of hydrogen-bond acceptors (Lipinski definition) is 3. The zero-order valence-electron chi connectivity index (χ0n) is 13.8. The maximum Gasteiger partial charge on any atom is 0.434 e. The van der Waals surface area contributed by atoms with Crippen LogP contribution in [0.2, 0.25) is 0 Å². The molecule has 0 radical (unpaired) electrons. The lowest BCUT2D eigenvalue weighted by Crippen LogP contribution is -2.42. The Labute approximate surface area is 139 Å². The van der Waals surface area contributed by atoms with Crippen LogP contribution in [0.3, 0.4) is 0 Å². The van der Waals surface area contributed by atoms with Crippen LogP contribution in [0.5, 0.6) is 0 Å². The van der Waals surface area contributed by atoms with E-state index in [0.717, 1.165) is 23.1 Å². The van der Waals surface area contributed by atoms with Crippen molar-refractivity contribution >= 4 is 17.3 Å². The molecule has 0 spiro atoms. The first-order valence-electron chi connectivity index (χ1n) is 7.85. The van der Waals surface area contributed by atoms with Gasteiger partial charge < -0.3 is 10.6 Å². The van der Waals surface area contributed by atoms with Crippen molar-refractivity contribution in [1.82, 2.24) is 15.6 Å². The van der Waals surface area contributed by atoms with Gasteiger partial charge in [-0.25, -0.2) is 4.98 Å². The molecule has 0 saturated carbocycles. The topological polar surface area (TPSA) is 49.3 Å². The predicted octanol–water partition coefficient (Wildman–Crippen LogP) is 3.84. The second-order valence-electron chi connectivity index (χ2n) is 5.41. The number of nitrogens with one attached hydrogen (secondary N) is 2. The fourth-order valence-electron chi connectivity index (χ4n) is 2.04. The molecule has 1 atom stereocenters. The Morgan fingerprint density at radius 3 is 2.70 bits per heavy atom. The highest BCUT2D eigenvalue weighted by Gasteiger charge is 2.33. The lowest BCUT2D eigenvalue weighted by molar-refractivity contribution is -0.140. The van der Waals surface area contributed by atoms with Gasteiger partial charge in [0.2, 0.25) is 0 Å². The second-order valence-corrected chi connectivity index (χ2v) is 6.36. The summed E-state index contributed by atoms with van der Waals surface area (Å²) in [4.78, 5) is 7.74. The van der Waals surface area contributed by atoms with Gasteiger partial charge in [-0.15, -0.1) is 11.3 Å². The number of halogens is 3. The average Bonchev–Trinajstić information content (AvgIpc) is 2.95. The summed E-state index contributed by atoms with van der Waals surface area (Å²) in [5.41, 5.74) is -0.815. The number of guanidine groups is 1. The summed E-state index contributed by atoms with van der Waals surface area (Å²) >= 11 is 1.03. The normalized spacial score (nSPS) is 13.9. The molecule has 8 heteroatoms. The molecule has 1 heterocycles. The van der Waals surface area contributed by atoms with E-state index in [1.165, 1.54) is 19.3 Å². The van der Waals surface area contributed by atoms with Crippen molar-refractivity contribution in [2.75, 3.05) is 13.6 Å². The fraction of sp³-hybridized carbons (Fsp3) is 0.733. The van der Waals surface area contributed by atoms with Crippen LogP contribution in [0.4, 0.5) is 13.2 Å². The smallest absolute Gasteiger partial charge is 0.356 e. The molecule has 0 aromatic carbocycles. The van der Waals surface area contributed by atoms with Gasteiger partial charge in [0.05, 0.1) is 5.01 Å². The van der Waals surface area contributed by atoms with Crippen LogP contribution in [-0.2, 0) is 12.6 Å². The Morgan fingerprint density at radius 1 is 1.39 bits per heavy atom. The molecule has 4 nitrogen and oxygen atoms in total. The summed E-state index contributed by atoms with van der Waals surface area (Å²) < 4.78 is 37.4. The monoisotopic (exact) mass is 350 g/mol. The molecule has 2 N–H and O–H groups in total. The van der Waals surface area contributed by atoms with Crippen LogP contribution < -0.4 is 10.6 Å². The van der Waals surface area contributed by atoms with Gasteiger partial charge in [-0.1, -0.05) is 26.2 Å². The number of hydrogen-bond donors (Lipinski definition) is 2. The van der Waals surface area contributed by atoms with Crippen molar-refractivity contribution in [2.45, 2.75) is 58.2 Å². The molecule has 0 aliphatic carbocycles. The summed E-state index contributed by atoms with van der Waals surface area (Å²) in [5, 5.41) is 7.92. The van der Waals surface area contributed by atoms with E-state index in [1.54, 1.807) is 7.05 Å². The maximum absolute atomic E-state index is 12.5. The van der Waals surface area contributed by atoms with Crippen LogP contribution in [-0.4, -0.2) is 30.6 Å². The van der Waals surface area contributed by atoms with Gasteiger partial charge in [0.25, 0.3) is 0 Å². The molecule has 0 amide bonds. The van der Waals surface area contributed by atoms with Crippen LogP contribution >= 0.6 is 11.3 Å². The van der Waals surface area contributed by atoms with Crippen LogP contribution in [0.1, 0.15) is 50.2 Å².